The number of hydrogen-bond donors (Lipinski definition) is 0. The third-order valence-electron chi connectivity index (χ3n) is 2.52. The number of esters is 1. The van der Waals surface area contributed by atoms with Gasteiger partial charge in [0, 0.05) is 0 Å². The minimum absolute atomic E-state index is 0.344. The van der Waals surface area contributed by atoms with Crippen LogP contribution in [0.5, 0.6) is 5.75 Å². The molecular weight excluding hydrogens is 272 g/mol. The molecule has 1 saturated carbocycles. The van der Waals surface area contributed by atoms with Crippen molar-refractivity contribution in [3.63, 3.8) is 0 Å². The maximum absolute atomic E-state index is 11.3. The molecule has 16 heavy (non-hydrogen) atoms. The SMILES string of the molecule is COC(=O)c1ccc(Br)c(OCC2CC2)c1. The van der Waals surface area contributed by atoms with Crippen molar-refractivity contribution in [3.8, 4) is 5.75 Å². The molecule has 0 aromatic heterocycles. The number of hydrogen-bond acceptors (Lipinski definition) is 3. The van der Waals surface area contributed by atoms with E-state index in [2.05, 4.69) is 20.7 Å². The van der Waals surface area contributed by atoms with Gasteiger partial charge in [-0.05, 0) is 52.9 Å². The summed E-state index contributed by atoms with van der Waals surface area (Å²) in [4.78, 5) is 11.3. The Hall–Kier alpha value is -1.03. The van der Waals surface area contributed by atoms with Crippen LogP contribution in [0.25, 0.3) is 0 Å². The van der Waals surface area contributed by atoms with Gasteiger partial charge in [-0.3, -0.25) is 0 Å². The van der Waals surface area contributed by atoms with Gasteiger partial charge in [0.25, 0.3) is 0 Å². The smallest absolute Gasteiger partial charge is 0.337 e. The lowest BCUT2D eigenvalue weighted by atomic mass is 10.2. The largest absolute Gasteiger partial charge is 0.492 e. The summed E-state index contributed by atoms with van der Waals surface area (Å²) >= 11 is 3.39. The summed E-state index contributed by atoms with van der Waals surface area (Å²) < 4.78 is 11.2. The minimum atomic E-state index is -0.344. The molecule has 0 unspecified atom stereocenters. The average Bonchev–Trinajstić information content (AvgIpc) is 3.11. The highest BCUT2D eigenvalue weighted by molar-refractivity contribution is 9.10. The Morgan fingerprint density at radius 1 is 1.50 bits per heavy atom. The fourth-order valence-electron chi connectivity index (χ4n) is 1.35. The average molecular weight is 285 g/mol. The topological polar surface area (TPSA) is 35.5 Å². The summed E-state index contributed by atoms with van der Waals surface area (Å²) in [5.74, 6) is 1.05. The molecular formula is C12H13BrO3. The van der Waals surface area contributed by atoms with Gasteiger partial charge >= 0.3 is 5.97 Å². The van der Waals surface area contributed by atoms with Crippen LogP contribution in [0.15, 0.2) is 22.7 Å². The van der Waals surface area contributed by atoms with Gasteiger partial charge in [0.1, 0.15) is 5.75 Å². The van der Waals surface area contributed by atoms with Crippen molar-refractivity contribution in [2.24, 2.45) is 5.92 Å². The summed E-state index contributed by atoms with van der Waals surface area (Å²) in [5, 5.41) is 0. The molecule has 1 fully saturated rings. The zero-order valence-corrected chi connectivity index (χ0v) is 10.6. The molecule has 86 valence electrons. The monoisotopic (exact) mass is 284 g/mol. The van der Waals surface area contributed by atoms with Gasteiger partial charge in [-0.25, -0.2) is 4.79 Å². The van der Waals surface area contributed by atoms with Crippen LogP contribution < -0.4 is 4.74 Å². The van der Waals surface area contributed by atoms with Crippen molar-refractivity contribution in [2.45, 2.75) is 12.8 Å². The highest BCUT2D eigenvalue weighted by Gasteiger charge is 2.22. The number of carbonyl (C=O) groups is 1. The van der Waals surface area contributed by atoms with Crippen LogP contribution in [0.1, 0.15) is 23.2 Å². The highest BCUT2D eigenvalue weighted by atomic mass is 79.9. The molecule has 0 heterocycles. The lowest BCUT2D eigenvalue weighted by molar-refractivity contribution is 0.0600. The van der Waals surface area contributed by atoms with E-state index < -0.39 is 0 Å². The fourth-order valence-corrected chi connectivity index (χ4v) is 1.71. The summed E-state index contributed by atoms with van der Waals surface area (Å²) in [6.45, 7) is 0.725. The third kappa shape index (κ3) is 2.76. The fraction of sp³-hybridized carbons (Fsp3) is 0.417. The van der Waals surface area contributed by atoms with Gasteiger partial charge in [-0.1, -0.05) is 0 Å². The Morgan fingerprint density at radius 2 is 2.25 bits per heavy atom. The molecule has 0 N–H and O–H groups in total. The third-order valence-corrected chi connectivity index (χ3v) is 3.18. The van der Waals surface area contributed by atoms with Gasteiger partial charge in [0.15, 0.2) is 0 Å². The number of ether oxygens (including phenoxy) is 2. The van der Waals surface area contributed by atoms with Crippen molar-refractivity contribution < 1.29 is 14.3 Å². The first-order valence-electron chi connectivity index (χ1n) is 5.21. The van der Waals surface area contributed by atoms with E-state index in [9.17, 15) is 4.79 Å². The lowest BCUT2D eigenvalue weighted by Gasteiger charge is -2.08. The Kier molecular flexibility index (Phi) is 3.49. The van der Waals surface area contributed by atoms with Gasteiger partial charge in [0.2, 0.25) is 0 Å². The van der Waals surface area contributed by atoms with Gasteiger partial charge in [-0.15, -0.1) is 0 Å². The first-order chi connectivity index (χ1) is 7.70. The second kappa shape index (κ2) is 4.87. The van der Waals surface area contributed by atoms with E-state index >= 15 is 0 Å². The molecule has 1 aromatic rings. The Labute approximate surface area is 103 Å². The normalized spacial score (nSPS) is 14.6. The summed E-state index contributed by atoms with van der Waals surface area (Å²) in [6, 6.07) is 5.21. The molecule has 0 aliphatic heterocycles. The van der Waals surface area contributed by atoms with Crippen molar-refractivity contribution in [2.75, 3.05) is 13.7 Å². The van der Waals surface area contributed by atoms with Crippen LogP contribution in [-0.4, -0.2) is 19.7 Å². The summed E-state index contributed by atoms with van der Waals surface area (Å²) in [7, 11) is 1.37. The van der Waals surface area contributed by atoms with E-state index in [1.807, 2.05) is 0 Å². The maximum Gasteiger partial charge on any atom is 0.337 e. The number of carbonyl (C=O) groups excluding carboxylic acids is 1. The predicted octanol–water partition coefficient (Wildman–Crippen LogP) is 3.02. The van der Waals surface area contributed by atoms with Crippen LogP contribution in [0, 0.1) is 5.92 Å². The zero-order valence-electron chi connectivity index (χ0n) is 9.03. The highest BCUT2D eigenvalue weighted by Crippen LogP contribution is 2.32. The van der Waals surface area contributed by atoms with Crippen molar-refractivity contribution in [1.82, 2.24) is 0 Å². The number of methoxy groups -OCH3 is 1. The van der Waals surface area contributed by atoms with E-state index in [-0.39, 0.29) is 5.97 Å². The number of halogens is 1. The first-order valence-corrected chi connectivity index (χ1v) is 6.00. The van der Waals surface area contributed by atoms with Crippen molar-refractivity contribution in [1.29, 1.82) is 0 Å². The van der Waals surface area contributed by atoms with Gasteiger partial charge < -0.3 is 9.47 Å². The second-order valence-corrected chi connectivity index (χ2v) is 4.75. The molecule has 0 atom stereocenters. The Bertz CT molecular complexity index is 399. The van der Waals surface area contributed by atoms with Crippen molar-refractivity contribution >= 4 is 21.9 Å². The van der Waals surface area contributed by atoms with E-state index in [0.717, 1.165) is 11.1 Å². The molecule has 0 spiro atoms. The molecule has 4 heteroatoms. The van der Waals surface area contributed by atoms with Crippen molar-refractivity contribution in [3.05, 3.63) is 28.2 Å². The molecule has 3 nitrogen and oxygen atoms in total. The second-order valence-electron chi connectivity index (χ2n) is 3.89. The standard InChI is InChI=1S/C12H13BrO3/c1-15-12(14)9-4-5-10(13)11(6-9)16-7-8-2-3-8/h4-6,8H,2-3,7H2,1H3. The summed E-state index contributed by atoms with van der Waals surface area (Å²) in [6.07, 6.45) is 2.49. The molecule has 1 aliphatic rings. The molecule has 2 rings (SSSR count). The van der Waals surface area contributed by atoms with E-state index in [1.165, 1.54) is 20.0 Å². The van der Waals surface area contributed by atoms with Crippen LogP contribution in [0.2, 0.25) is 0 Å². The first kappa shape index (κ1) is 11.5. The quantitative estimate of drug-likeness (QED) is 0.798. The molecule has 0 bridgehead atoms. The minimum Gasteiger partial charge on any atom is -0.492 e. The summed E-state index contributed by atoms with van der Waals surface area (Å²) in [5.41, 5.74) is 0.511. The van der Waals surface area contributed by atoms with Gasteiger partial charge in [0.05, 0.1) is 23.8 Å². The molecule has 0 radical (unpaired) electrons. The van der Waals surface area contributed by atoms with Gasteiger partial charge in [-0.2, -0.15) is 0 Å². The zero-order chi connectivity index (χ0) is 11.5. The molecule has 1 aliphatic carbocycles. The van der Waals surface area contributed by atoms with Crippen LogP contribution in [0.4, 0.5) is 0 Å². The molecule has 1 aromatic carbocycles. The lowest BCUT2D eigenvalue weighted by Crippen LogP contribution is -2.04. The van der Waals surface area contributed by atoms with E-state index in [1.54, 1.807) is 18.2 Å². The molecule has 0 saturated heterocycles. The van der Waals surface area contributed by atoms with E-state index in [4.69, 9.17) is 4.74 Å². The maximum atomic E-state index is 11.3. The number of benzene rings is 1. The van der Waals surface area contributed by atoms with E-state index in [0.29, 0.717) is 17.2 Å². The molecule has 0 amide bonds. The predicted molar refractivity (Wildman–Crippen MR) is 63.7 cm³/mol. The Morgan fingerprint density at radius 3 is 2.88 bits per heavy atom. The number of rotatable bonds is 4. The van der Waals surface area contributed by atoms with Crippen LogP contribution in [-0.2, 0) is 4.74 Å². The van der Waals surface area contributed by atoms with Crippen LogP contribution in [0.3, 0.4) is 0 Å². The van der Waals surface area contributed by atoms with Crippen LogP contribution >= 0.6 is 15.9 Å². The Balaban J connectivity index is 2.11.